The number of ether oxygens (including phenoxy) is 1. The summed E-state index contributed by atoms with van der Waals surface area (Å²) in [6.07, 6.45) is 1.27. The van der Waals surface area contributed by atoms with E-state index in [-0.39, 0.29) is 0 Å². The molecule has 186 valence electrons. The summed E-state index contributed by atoms with van der Waals surface area (Å²) < 4.78 is 7.05. The molecule has 4 unspecified atom stereocenters. The van der Waals surface area contributed by atoms with Gasteiger partial charge in [-0.3, -0.25) is 4.90 Å². The molecule has 1 aromatic heterocycles. The van der Waals surface area contributed by atoms with Crippen LogP contribution in [0.15, 0.2) is 72.8 Å². The van der Waals surface area contributed by atoms with E-state index in [0.29, 0.717) is 29.8 Å². The molecule has 0 amide bonds. The van der Waals surface area contributed by atoms with Crippen LogP contribution >= 0.6 is 11.3 Å². The van der Waals surface area contributed by atoms with Crippen molar-refractivity contribution in [3.8, 4) is 5.75 Å². The van der Waals surface area contributed by atoms with E-state index in [4.69, 9.17) is 9.72 Å². The molecule has 1 N–H and O–H groups in total. The van der Waals surface area contributed by atoms with Crippen molar-refractivity contribution in [1.29, 1.82) is 0 Å². The van der Waals surface area contributed by atoms with Gasteiger partial charge in [0.1, 0.15) is 5.75 Å². The number of methoxy groups -OCH3 is 1. The predicted octanol–water partition coefficient (Wildman–Crippen LogP) is 6.42. The van der Waals surface area contributed by atoms with Crippen molar-refractivity contribution in [2.75, 3.05) is 20.2 Å². The summed E-state index contributed by atoms with van der Waals surface area (Å²) in [7, 11) is 1.78. The number of aromatic nitrogens is 1. The summed E-state index contributed by atoms with van der Waals surface area (Å²) in [4.78, 5) is 7.64. The van der Waals surface area contributed by atoms with Crippen molar-refractivity contribution < 1.29 is 4.74 Å². The van der Waals surface area contributed by atoms with Crippen LogP contribution in [0.25, 0.3) is 10.2 Å². The number of fused-ring (bicyclic) bond motifs is 3. The van der Waals surface area contributed by atoms with E-state index in [9.17, 15) is 0 Å². The Morgan fingerprint density at radius 1 is 1.03 bits per heavy atom. The van der Waals surface area contributed by atoms with E-state index in [2.05, 4.69) is 96.9 Å². The fourth-order valence-corrected chi connectivity index (χ4v) is 7.30. The Bertz CT molecular complexity index is 1280. The van der Waals surface area contributed by atoms with Crippen LogP contribution in [0.5, 0.6) is 5.75 Å². The zero-order valence-electron chi connectivity index (χ0n) is 21.4. The Hall–Kier alpha value is -2.73. The Balaban J connectivity index is 1.32. The van der Waals surface area contributed by atoms with Gasteiger partial charge >= 0.3 is 0 Å². The quantitative estimate of drug-likeness (QED) is 0.305. The molecule has 6 rings (SSSR count). The predicted molar refractivity (Wildman–Crippen MR) is 149 cm³/mol. The summed E-state index contributed by atoms with van der Waals surface area (Å²) in [5.74, 6) is 2.40. The topological polar surface area (TPSA) is 37.4 Å². The molecule has 2 saturated heterocycles. The second kappa shape index (κ2) is 9.97. The first-order valence-electron chi connectivity index (χ1n) is 13.2. The Morgan fingerprint density at radius 2 is 1.72 bits per heavy atom. The van der Waals surface area contributed by atoms with Crippen LogP contribution in [-0.4, -0.2) is 42.2 Å². The molecule has 36 heavy (non-hydrogen) atoms. The molecular formula is C31H35N3OS. The van der Waals surface area contributed by atoms with Crippen LogP contribution in [0.2, 0.25) is 0 Å². The molecule has 0 radical (unpaired) electrons. The minimum Gasteiger partial charge on any atom is -0.496 e. The van der Waals surface area contributed by atoms with Gasteiger partial charge in [-0.1, -0.05) is 74.5 Å². The molecule has 0 aliphatic carbocycles. The van der Waals surface area contributed by atoms with Crippen LogP contribution in [0, 0.1) is 5.92 Å². The summed E-state index contributed by atoms with van der Waals surface area (Å²) in [6.45, 7) is 7.57. The highest BCUT2D eigenvalue weighted by molar-refractivity contribution is 7.18. The van der Waals surface area contributed by atoms with E-state index >= 15 is 0 Å². The lowest BCUT2D eigenvalue weighted by atomic mass is 9.78. The summed E-state index contributed by atoms with van der Waals surface area (Å²) in [6, 6.07) is 27.4. The van der Waals surface area contributed by atoms with Gasteiger partial charge in [-0.25, -0.2) is 4.98 Å². The van der Waals surface area contributed by atoms with Gasteiger partial charge in [0.25, 0.3) is 0 Å². The molecule has 0 saturated carbocycles. The van der Waals surface area contributed by atoms with Gasteiger partial charge < -0.3 is 10.1 Å². The number of nitrogens with zero attached hydrogens (tertiary/aromatic N) is 2. The van der Waals surface area contributed by atoms with Gasteiger partial charge in [-0.15, -0.1) is 11.3 Å². The summed E-state index contributed by atoms with van der Waals surface area (Å²) in [5, 5.41) is 5.21. The molecule has 0 spiro atoms. The van der Waals surface area contributed by atoms with E-state index in [0.717, 1.165) is 17.8 Å². The van der Waals surface area contributed by atoms with Crippen LogP contribution < -0.4 is 10.1 Å². The SMILES string of the molecule is COc1cc2sc(C(C)C)nc2cc1CNC1C2CCN(C2)C1C(c1ccccc1)c1ccccc1. The minimum atomic E-state index is 0.340. The van der Waals surface area contributed by atoms with Crippen molar-refractivity contribution in [1.82, 2.24) is 15.2 Å². The molecule has 2 fully saturated rings. The lowest BCUT2D eigenvalue weighted by Gasteiger charge is -2.39. The lowest BCUT2D eigenvalue weighted by molar-refractivity contribution is 0.197. The highest BCUT2D eigenvalue weighted by Gasteiger charge is 2.49. The van der Waals surface area contributed by atoms with Crippen LogP contribution in [-0.2, 0) is 6.54 Å². The minimum absolute atomic E-state index is 0.340. The average molecular weight is 498 g/mol. The van der Waals surface area contributed by atoms with Gasteiger partial charge in [0.05, 0.1) is 22.3 Å². The van der Waals surface area contributed by atoms with E-state index in [1.165, 1.54) is 45.9 Å². The number of rotatable bonds is 8. The first-order valence-corrected chi connectivity index (χ1v) is 14.0. The molecule has 5 heteroatoms. The van der Waals surface area contributed by atoms with Gasteiger partial charge in [-0.05, 0) is 42.1 Å². The number of thiazole rings is 1. The standard InChI is InChI=1S/C31H35N3OS/c1-20(2)31-33-25-16-24(26(35-3)17-27(25)36-31)18-32-29-23-14-15-34(19-23)30(29)28(21-10-6-4-7-11-21)22-12-8-5-9-13-22/h4-13,16-17,20,23,28-30,32H,14-15,18-19H2,1-3H3. The Kier molecular flexibility index (Phi) is 6.55. The number of hydrogen-bond acceptors (Lipinski definition) is 5. The molecular weight excluding hydrogens is 462 g/mol. The highest BCUT2D eigenvalue weighted by atomic mass is 32.1. The Morgan fingerprint density at radius 3 is 2.36 bits per heavy atom. The van der Waals surface area contributed by atoms with Gasteiger partial charge in [0.2, 0.25) is 0 Å². The van der Waals surface area contributed by atoms with Crippen LogP contribution in [0.1, 0.15) is 53.8 Å². The van der Waals surface area contributed by atoms with Crippen molar-refractivity contribution in [2.45, 2.75) is 50.7 Å². The third-order valence-electron chi connectivity index (χ3n) is 8.04. The van der Waals surface area contributed by atoms with E-state index < -0.39 is 0 Å². The monoisotopic (exact) mass is 497 g/mol. The Labute approximate surface area is 218 Å². The fraction of sp³-hybridized carbons (Fsp3) is 0.387. The molecule has 2 aliphatic rings. The second-order valence-electron chi connectivity index (χ2n) is 10.6. The van der Waals surface area contributed by atoms with Crippen molar-refractivity contribution in [2.24, 2.45) is 5.92 Å². The summed E-state index contributed by atoms with van der Waals surface area (Å²) in [5.41, 5.74) is 5.07. The van der Waals surface area contributed by atoms with Gasteiger partial charge in [0, 0.05) is 42.6 Å². The molecule has 3 heterocycles. The molecule has 4 nitrogen and oxygen atoms in total. The number of piperidine rings is 1. The van der Waals surface area contributed by atoms with Crippen molar-refractivity contribution in [3.63, 3.8) is 0 Å². The molecule has 4 atom stereocenters. The second-order valence-corrected chi connectivity index (χ2v) is 11.6. The smallest absolute Gasteiger partial charge is 0.124 e. The zero-order chi connectivity index (χ0) is 24.6. The number of benzene rings is 3. The lowest BCUT2D eigenvalue weighted by Crippen LogP contribution is -2.50. The first kappa shape index (κ1) is 23.7. The van der Waals surface area contributed by atoms with Crippen LogP contribution in [0.4, 0.5) is 0 Å². The zero-order valence-corrected chi connectivity index (χ0v) is 22.2. The fourth-order valence-electron chi connectivity index (χ4n) is 6.32. The van der Waals surface area contributed by atoms with Crippen molar-refractivity contribution >= 4 is 21.6 Å². The van der Waals surface area contributed by atoms with Crippen molar-refractivity contribution in [3.05, 3.63) is 94.5 Å². The molecule has 2 bridgehead atoms. The molecule has 2 aliphatic heterocycles. The van der Waals surface area contributed by atoms with Gasteiger partial charge in [0.15, 0.2) is 0 Å². The number of nitrogens with one attached hydrogen (secondary N) is 1. The average Bonchev–Trinajstić information content (AvgIpc) is 3.63. The largest absolute Gasteiger partial charge is 0.496 e. The number of hydrogen-bond donors (Lipinski definition) is 1. The van der Waals surface area contributed by atoms with Crippen LogP contribution in [0.3, 0.4) is 0 Å². The third kappa shape index (κ3) is 4.34. The molecule has 3 aromatic carbocycles. The first-order chi connectivity index (χ1) is 17.6. The third-order valence-corrected chi connectivity index (χ3v) is 9.36. The van der Waals surface area contributed by atoms with E-state index in [1.54, 1.807) is 18.4 Å². The normalized spacial score (nSPS) is 23.2. The summed E-state index contributed by atoms with van der Waals surface area (Å²) >= 11 is 1.78. The maximum Gasteiger partial charge on any atom is 0.124 e. The maximum absolute atomic E-state index is 5.84. The maximum atomic E-state index is 5.84. The van der Waals surface area contributed by atoms with Gasteiger partial charge in [-0.2, -0.15) is 0 Å². The highest BCUT2D eigenvalue weighted by Crippen LogP contribution is 2.43. The van der Waals surface area contributed by atoms with E-state index in [1.807, 2.05) is 0 Å². The molecule has 4 aromatic rings.